The Morgan fingerprint density at radius 2 is 1.52 bits per heavy atom. The van der Waals surface area contributed by atoms with Crippen molar-refractivity contribution in [3.8, 4) is 5.75 Å². The largest absolute Gasteiger partial charge is 0.496 e. The lowest BCUT2D eigenvalue weighted by Gasteiger charge is -2.37. The zero-order valence-electron chi connectivity index (χ0n) is 35.1. The number of anilines is 2. The second kappa shape index (κ2) is 19.1. The molecule has 1 aliphatic carbocycles. The summed E-state index contributed by atoms with van der Waals surface area (Å²) in [6.45, 7) is 7.04. The van der Waals surface area contributed by atoms with Crippen molar-refractivity contribution >= 4 is 34.4 Å². The second-order valence-electron chi connectivity index (χ2n) is 17.2. The van der Waals surface area contributed by atoms with E-state index in [-0.39, 0.29) is 29.5 Å². The highest BCUT2D eigenvalue weighted by atomic mass is 19.4. The SMILES string of the molecule is COc1cc2nc(C)nc(N[C@H](C)c3cc(N)cc(C(F)(F)F)c3)c2cc1C1CCC(C(=O)N2CCC(CCCC3CCN(C(=O)OCc4ccccc4)CC3)CC2)CC1. The lowest BCUT2D eigenvalue weighted by atomic mass is 9.77. The minimum absolute atomic E-state index is 0.00898. The number of alkyl halides is 3. The summed E-state index contributed by atoms with van der Waals surface area (Å²) >= 11 is 0. The van der Waals surface area contributed by atoms with Crippen LogP contribution in [0.15, 0.2) is 60.7 Å². The molecule has 0 bridgehead atoms. The van der Waals surface area contributed by atoms with Gasteiger partial charge < -0.3 is 30.3 Å². The van der Waals surface area contributed by atoms with Gasteiger partial charge in [0, 0.05) is 49.2 Å². The van der Waals surface area contributed by atoms with Gasteiger partial charge in [0.2, 0.25) is 5.91 Å². The van der Waals surface area contributed by atoms with Crippen LogP contribution in [-0.2, 0) is 22.3 Å². The Balaban J connectivity index is 0.871. The van der Waals surface area contributed by atoms with Crippen molar-refractivity contribution in [2.75, 3.05) is 44.3 Å². The Bertz CT molecular complexity index is 2090. The van der Waals surface area contributed by atoms with Crippen LogP contribution in [0.3, 0.4) is 0 Å². The number of hydrogen-bond acceptors (Lipinski definition) is 8. The van der Waals surface area contributed by atoms with E-state index < -0.39 is 17.8 Å². The van der Waals surface area contributed by atoms with Gasteiger partial charge in [0.05, 0.1) is 24.2 Å². The average molecular weight is 829 g/mol. The number of amides is 2. The zero-order valence-corrected chi connectivity index (χ0v) is 35.1. The number of fused-ring (bicyclic) bond motifs is 1. The number of rotatable bonds is 12. The number of methoxy groups -OCH3 is 1. The standard InChI is InChI=1S/C47H59F3N6O4/c1-30(37-24-38(47(48,49)50)26-39(51)25-37)52-44-41-27-40(43(59-3)28-42(41)53-31(2)54-44)35-12-14-36(15-13-35)45(57)55-20-16-32(17-21-55)10-7-11-33-18-22-56(23-19-33)46(58)60-29-34-8-5-4-6-9-34/h4-6,8-9,24-28,30,32-33,35-36H,7,10-23,29,51H2,1-3H3,(H,52,53,54)/t30-,35?,36?/m1/s1. The van der Waals surface area contributed by atoms with E-state index in [1.165, 1.54) is 19.3 Å². The highest BCUT2D eigenvalue weighted by molar-refractivity contribution is 5.91. The van der Waals surface area contributed by atoms with Crippen molar-refractivity contribution in [3.05, 3.63) is 88.7 Å². The van der Waals surface area contributed by atoms with Crippen LogP contribution in [0.4, 0.5) is 29.5 Å². The van der Waals surface area contributed by atoms with E-state index in [1.807, 2.05) is 47.4 Å². The predicted molar refractivity (Wildman–Crippen MR) is 227 cm³/mol. The van der Waals surface area contributed by atoms with Crippen LogP contribution >= 0.6 is 0 Å². The number of nitrogens with two attached hydrogens (primary N) is 1. The van der Waals surface area contributed by atoms with Crippen molar-refractivity contribution in [2.24, 2.45) is 17.8 Å². The summed E-state index contributed by atoms with van der Waals surface area (Å²) in [6.07, 6.45) is 6.30. The van der Waals surface area contributed by atoms with Crippen LogP contribution < -0.4 is 15.8 Å². The lowest BCUT2D eigenvalue weighted by Crippen LogP contribution is -2.42. The molecule has 0 unspecified atom stereocenters. The fourth-order valence-corrected chi connectivity index (χ4v) is 9.54. The molecular formula is C47H59F3N6O4. The van der Waals surface area contributed by atoms with Crippen LogP contribution in [0.1, 0.15) is 118 Å². The van der Waals surface area contributed by atoms with Gasteiger partial charge in [-0.1, -0.05) is 49.6 Å². The van der Waals surface area contributed by atoms with Crippen LogP contribution in [-0.4, -0.2) is 65.1 Å². The van der Waals surface area contributed by atoms with Gasteiger partial charge in [0.1, 0.15) is 24.0 Å². The molecule has 1 aromatic heterocycles. The maximum atomic E-state index is 13.8. The molecule has 1 saturated carbocycles. The van der Waals surface area contributed by atoms with E-state index in [1.54, 1.807) is 27.0 Å². The third-order valence-electron chi connectivity index (χ3n) is 13.1. The van der Waals surface area contributed by atoms with Gasteiger partial charge in [-0.15, -0.1) is 0 Å². The molecule has 7 rings (SSSR count). The number of likely N-dealkylation sites (tertiary alicyclic amines) is 2. The summed E-state index contributed by atoms with van der Waals surface area (Å²) in [6, 6.07) is 16.8. The molecule has 2 saturated heterocycles. The fourth-order valence-electron chi connectivity index (χ4n) is 9.54. The van der Waals surface area contributed by atoms with E-state index >= 15 is 0 Å². The van der Waals surface area contributed by atoms with Gasteiger partial charge in [-0.2, -0.15) is 13.2 Å². The molecule has 10 nitrogen and oxygen atoms in total. The maximum Gasteiger partial charge on any atom is 0.416 e. The van der Waals surface area contributed by atoms with E-state index in [4.69, 9.17) is 15.2 Å². The number of nitrogens with zero attached hydrogens (tertiary/aromatic N) is 4. The maximum absolute atomic E-state index is 13.8. The first-order valence-electron chi connectivity index (χ1n) is 21.7. The van der Waals surface area contributed by atoms with Crippen molar-refractivity contribution < 1.29 is 32.2 Å². The number of aryl methyl sites for hydroxylation is 1. The van der Waals surface area contributed by atoms with Crippen molar-refractivity contribution in [3.63, 3.8) is 0 Å². The normalized spacial score (nSPS) is 19.9. The summed E-state index contributed by atoms with van der Waals surface area (Å²) in [7, 11) is 1.65. The molecule has 13 heteroatoms. The van der Waals surface area contributed by atoms with Crippen LogP contribution in [0.25, 0.3) is 10.9 Å². The highest BCUT2D eigenvalue weighted by Crippen LogP contribution is 2.43. The first-order chi connectivity index (χ1) is 28.8. The second-order valence-corrected chi connectivity index (χ2v) is 17.2. The first kappa shape index (κ1) is 43.0. The number of aromatic nitrogens is 2. The van der Waals surface area contributed by atoms with Crippen LogP contribution in [0.5, 0.6) is 5.75 Å². The molecule has 3 N–H and O–H groups in total. The zero-order chi connectivity index (χ0) is 42.4. The lowest BCUT2D eigenvalue weighted by molar-refractivity contribution is -0.138. The number of carbonyl (C=O) groups is 2. The Morgan fingerprint density at radius 3 is 2.15 bits per heavy atom. The molecule has 322 valence electrons. The molecule has 3 aliphatic rings. The van der Waals surface area contributed by atoms with Crippen LogP contribution in [0.2, 0.25) is 0 Å². The minimum atomic E-state index is -4.51. The summed E-state index contributed by atoms with van der Waals surface area (Å²) in [5.74, 6) is 3.54. The van der Waals surface area contributed by atoms with E-state index in [0.29, 0.717) is 41.2 Å². The number of piperidine rings is 2. The molecule has 4 aromatic rings. The molecule has 3 aromatic carbocycles. The van der Waals surface area contributed by atoms with Crippen molar-refractivity contribution in [2.45, 2.75) is 109 Å². The monoisotopic (exact) mass is 828 g/mol. The molecular weight excluding hydrogens is 770 g/mol. The van der Waals surface area contributed by atoms with Gasteiger partial charge >= 0.3 is 12.3 Å². The van der Waals surface area contributed by atoms with E-state index in [2.05, 4.69) is 20.2 Å². The average Bonchev–Trinajstić information content (AvgIpc) is 3.25. The molecule has 2 amide bonds. The van der Waals surface area contributed by atoms with Gasteiger partial charge in [-0.25, -0.2) is 14.8 Å². The summed E-state index contributed by atoms with van der Waals surface area (Å²) < 4.78 is 52.2. The predicted octanol–water partition coefficient (Wildman–Crippen LogP) is 10.5. The highest BCUT2D eigenvalue weighted by Gasteiger charge is 2.34. The number of ether oxygens (including phenoxy) is 2. The Hall–Kier alpha value is -5.07. The molecule has 3 fully saturated rings. The van der Waals surface area contributed by atoms with Gasteiger partial charge in [0.25, 0.3) is 0 Å². The third kappa shape index (κ3) is 10.6. The number of halogens is 3. The molecule has 2 aliphatic heterocycles. The van der Waals surface area contributed by atoms with Crippen molar-refractivity contribution in [1.82, 2.24) is 19.8 Å². The topological polar surface area (TPSA) is 123 Å². The van der Waals surface area contributed by atoms with E-state index in [9.17, 15) is 22.8 Å². The summed E-state index contributed by atoms with van der Waals surface area (Å²) in [4.78, 5) is 39.6. The smallest absolute Gasteiger partial charge is 0.416 e. The summed E-state index contributed by atoms with van der Waals surface area (Å²) in [5.41, 5.74) is 8.22. The van der Waals surface area contributed by atoms with Gasteiger partial charge in [0.15, 0.2) is 0 Å². The summed E-state index contributed by atoms with van der Waals surface area (Å²) in [5, 5.41) is 4.09. The van der Waals surface area contributed by atoms with Gasteiger partial charge in [-0.3, -0.25) is 4.79 Å². The fraction of sp³-hybridized carbons (Fsp3) is 0.532. The van der Waals surface area contributed by atoms with Crippen molar-refractivity contribution in [1.29, 1.82) is 0 Å². The number of carbonyl (C=O) groups excluding carboxylic acids is 2. The number of nitrogens with one attached hydrogen (secondary N) is 1. The van der Waals surface area contributed by atoms with E-state index in [0.717, 1.165) is 112 Å². The third-order valence-corrected chi connectivity index (χ3v) is 13.1. The number of nitrogen functional groups attached to an aromatic ring is 1. The quantitative estimate of drug-likeness (QED) is 0.135. The Morgan fingerprint density at radius 1 is 0.867 bits per heavy atom. The molecule has 60 heavy (non-hydrogen) atoms. The first-order valence-corrected chi connectivity index (χ1v) is 21.7. The number of benzene rings is 3. The van der Waals surface area contributed by atoms with Gasteiger partial charge in [-0.05, 0) is 124 Å². The molecule has 0 radical (unpaired) electrons. The molecule has 0 spiro atoms. The molecule has 3 heterocycles. The Labute approximate surface area is 351 Å². The Kier molecular flexibility index (Phi) is 13.7. The molecule has 1 atom stereocenters. The van der Waals surface area contributed by atoms with Crippen LogP contribution in [0, 0.1) is 24.7 Å². The minimum Gasteiger partial charge on any atom is -0.496 e. The number of hydrogen-bond donors (Lipinski definition) is 2.